The third-order valence-corrected chi connectivity index (χ3v) is 7.88. The predicted octanol–water partition coefficient (Wildman–Crippen LogP) is 3.94. The van der Waals surface area contributed by atoms with Crippen molar-refractivity contribution in [1.82, 2.24) is 15.3 Å². The number of aromatic nitrogens is 2. The molecule has 0 spiro atoms. The molecular formula is C28H36N4O4S. The third kappa shape index (κ3) is 7.06. The van der Waals surface area contributed by atoms with Gasteiger partial charge in [-0.05, 0) is 44.2 Å². The van der Waals surface area contributed by atoms with E-state index in [9.17, 15) is 13.5 Å². The van der Waals surface area contributed by atoms with Crippen LogP contribution in [-0.2, 0) is 9.84 Å². The van der Waals surface area contributed by atoms with E-state index >= 15 is 0 Å². The minimum Gasteiger partial charge on any atom is -0.491 e. The number of rotatable bonds is 10. The summed E-state index contributed by atoms with van der Waals surface area (Å²) in [7, 11) is 0.581. The molecular weight excluding hydrogens is 488 g/mol. The fourth-order valence-corrected chi connectivity index (χ4v) is 5.26. The molecule has 2 aromatic carbocycles. The molecule has 1 atom stereocenters. The van der Waals surface area contributed by atoms with E-state index in [0.717, 1.165) is 35.5 Å². The van der Waals surface area contributed by atoms with Crippen LogP contribution in [0.2, 0.25) is 0 Å². The molecule has 0 saturated heterocycles. The second kappa shape index (κ2) is 12.0. The van der Waals surface area contributed by atoms with Gasteiger partial charge in [-0.25, -0.2) is 18.4 Å². The quantitative estimate of drug-likeness (QED) is 0.411. The maximum absolute atomic E-state index is 11.9. The highest BCUT2D eigenvalue weighted by atomic mass is 32.2. The lowest BCUT2D eigenvalue weighted by molar-refractivity contribution is 0.108. The Morgan fingerprint density at radius 1 is 1.05 bits per heavy atom. The van der Waals surface area contributed by atoms with Gasteiger partial charge in [-0.1, -0.05) is 43.5 Å². The van der Waals surface area contributed by atoms with Crippen molar-refractivity contribution >= 4 is 15.7 Å². The van der Waals surface area contributed by atoms with Crippen LogP contribution in [0.25, 0.3) is 22.6 Å². The second-order valence-corrected chi connectivity index (χ2v) is 11.7. The minimum atomic E-state index is -3.29. The molecule has 3 aromatic rings. The van der Waals surface area contributed by atoms with Crippen LogP contribution < -0.4 is 15.0 Å². The first kappa shape index (κ1) is 27.0. The monoisotopic (exact) mass is 524 g/mol. The van der Waals surface area contributed by atoms with Crippen molar-refractivity contribution in [3.05, 3.63) is 54.6 Å². The number of likely N-dealkylation sites (N-methyl/N-ethyl adjacent to an activating group) is 1. The van der Waals surface area contributed by atoms with Gasteiger partial charge < -0.3 is 20.1 Å². The highest BCUT2D eigenvalue weighted by molar-refractivity contribution is 7.90. The van der Waals surface area contributed by atoms with Gasteiger partial charge in [0.1, 0.15) is 24.3 Å². The van der Waals surface area contributed by atoms with E-state index in [4.69, 9.17) is 14.7 Å². The number of benzene rings is 2. The van der Waals surface area contributed by atoms with Gasteiger partial charge >= 0.3 is 0 Å². The predicted molar refractivity (Wildman–Crippen MR) is 147 cm³/mol. The molecule has 4 rings (SSSR count). The van der Waals surface area contributed by atoms with E-state index in [1.54, 1.807) is 31.3 Å². The van der Waals surface area contributed by atoms with Crippen LogP contribution in [-0.4, -0.2) is 69.1 Å². The molecule has 1 saturated carbocycles. The summed E-state index contributed by atoms with van der Waals surface area (Å²) < 4.78 is 29.7. The van der Waals surface area contributed by atoms with E-state index in [-0.39, 0.29) is 11.5 Å². The molecule has 0 radical (unpaired) electrons. The van der Waals surface area contributed by atoms with E-state index in [1.165, 1.54) is 25.5 Å². The summed E-state index contributed by atoms with van der Waals surface area (Å²) in [4.78, 5) is 12.3. The van der Waals surface area contributed by atoms with Gasteiger partial charge in [-0.3, -0.25) is 0 Å². The number of nitrogens with zero attached hydrogens (tertiary/aromatic N) is 3. The van der Waals surface area contributed by atoms with E-state index in [2.05, 4.69) is 17.3 Å². The van der Waals surface area contributed by atoms with Crippen LogP contribution >= 0.6 is 0 Å². The molecule has 0 aliphatic heterocycles. The van der Waals surface area contributed by atoms with Gasteiger partial charge in [0.05, 0.1) is 10.6 Å². The summed E-state index contributed by atoms with van der Waals surface area (Å²) in [5, 5.41) is 12.9. The first-order valence-corrected chi connectivity index (χ1v) is 14.6. The topological polar surface area (TPSA) is 105 Å². The minimum absolute atomic E-state index is 0.174. The maximum atomic E-state index is 11.9. The number of hydrogen-bond donors (Lipinski definition) is 2. The van der Waals surface area contributed by atoms with Gasteiger partial charge in [0.15, 0.2) is 15.7 Å². The van der Waals surface area contributed by atoms with Crippen molar-refractivity contribution in [2.24, 2.45) is 0 Å². The van der Waals surface area contributed by atoms with Crippen LogP contribution in [0.1, 0.15) is 32.1 Å². The zero-order valence-electron chi connectivity index (χ0n) is 21.7. The molecule has 1 fully saturated rings. The van der Waals surface area contributed by atoms with Crippen molar-refractivity contribution in [3.63, 3.8) is 0 Å². The number of aliphatic hydroxyl groups excluding tert-OH is 1. The normalized spacial score (nSPS) is 15.4. The Kier molecular flexibility index (Phi) is 8.79. The van der Waals surface area contributed by atoms with Crippen molar-refractivity contribution in [2.75, 3.05) is 38.4 Å². The number of hydrogen-bond acceptors (Lipinski definition) is 8. The third-order valence-electron chi connectivity index (χ3n) is 6.75. The van der Waals surface area contributed by atoms with Gasteiger partial charge in [0.2, 0.25) is 0 Å². The Labute approximate surface area is 219 Å². The lowest BCUT2D eigenvalue weighted by atomic mass is 9.94. The van der Waals surface area contributed by atoms with Crippen molar-refractivity contribution < 1.29 is 18.3 Å². The Hall–Kier alpha value is -3.01. The lowest BCUT2D eigenvalue weighted by Gasteiger charge is -2.32. The summed E-state index contributed by atoms with van der Waals surface area (Å²) >= 11 is 0. The Bertz CT molecular complexity index is 1290. The molecule has 2 N–H and O–H groups in total. The fourth-order valence-electron chi connectivity index (χ4n) is 4.63. The molecule has 0 bridgehead atoms. The molecule has 37 heavy (non-hydrogen) atoms. The van der Waals surface area contributed by atoms with Gasteiger partial charge in [0, 0.05) is 43.1 Å². The molecule has 1 heterocycles. The Morgan fingerprint density at radius 3 is 2.46 bits per heavy atom. The summed E-state index contributed by atoms with van der Waals surface area (Å²) in [5.74, 6) is 2.01. The summed E-state index contributed by atoms with van der Waals surface area (Å²) in [5.41, 5.74) is 2.34. The average molecular weight is 525 g/mol. The van der Waals surface area contributed by atoms with Crippen molar-refractivity contribution in [3.8, 4) is 28.4 Å². The van der Waals surface area contributed by atoms with Crippen LogP contribution in [0.4, 0.5) is 5.82 Å². The second-order valence-electron chi connectivity index (χ2n) is 9.68. The zero-order valence-corrected chi connectivity index (χ0v) is 22.5. The molecule has 198 valence electrons. The molecule has 1 aliphatic carbocycles. The summed E-state index contributed by atoms with van der Waals surface area (Å²) in [6.45, 7) is 0.618. The summed E-state index contributed by atoms with van der Waals surface area (Å²) in [6.07, 6.45) is 6.55. The molecule has 8 nitrogen and oxygen atoms in total. The van der Waals surface area contributed by atoms with E-state index in [1.807, 2.05) is 30.3 Å². The Morgan fingerprint density at radius 2 is 1.78 bits per heavy atom. The van der Waals surface area contributed by atoms with Crippen molar-refractivity contribution in [1.29, 1.82) is 0 Å². The number of nitrogens with one attached hydrogen (secondary N) is 1. The molecule has 1 aromatic heterocycles. The first-order valence-electron chi connectivity index (χ1n) is 12.7. The maximum Gasteiger partial charge on any atom is 0.175 e. The van der Waals surface area contributed by atoms with Crippen LogP contribution in [0.5, 0.6) is 5.75 Å². The number of ether oxygens (including phenoxy) is 1. The lowest BCUT2D eigenvalue weighted by Crippen LogP contribution is -2.34. The van der Waals surface area contributed by atoms with Crippen LogP contribution in [0.15, 0.2) is 59.5 Å². The van der Waals surface area contributed by atoms with Gasteiger partial charge in [0.25, 0.3) is 0 Å². The van der Waals surface area contributed by atoms with E-state index in [0.29, 0.717) is 24.2 Å². The van der Waals surface area contributed by atoms with Gasteiger partial charge in [-0.15, -0.1) is 0 Å². The largest absolute Gasteiger partial charge is 0.491 e. The standard InChI is InChI=1S/C28H36N4O4S/c1-29-18-23(33)19-36-24-11-7-8-21(16-24)28-30-26(20-12-14-25(15-13-20)37(3,34)35)17-27(31-28)32(2)22-9-5-4-6-10-22/h7-8,11-17,22-23,29,33H,4-6,9-10,18-19H2,1-3H3. The molecule has 1 unspecified atom stereocenters. The zero-order chi connectivity index (χ0) is 26.4. The molecule has 1 aliphatic rings. The highest BCUT2D eigenvalue weighted by Gasteiger charge is 2.21. The molecule has 9 heteroatoms. The van der Waals surface area contributed by atoms with E-state index < -0.39 is 15.9 Å². The van der Waals surface area contributed by atoms with Crippen LogP contribution in [0, 0.1) is 0 Å². The average Bonchev–Trinajstić information content (AvgIpc) is 2.91. The summed E-state index contributed by atoms with van der Waals surface area (Å²) in [6, 6.07) is 16.7. The fraction of sp³-hybridized carbons (Fsp3) is 0.429. The number of aliphatic hydroxyl groups is 1. The highest BCUT2D eigenvalue weighted by Crippen LogP contribution is 2.31. The first-order chi connectivity index (χ1) is 17.7. The van der Waals surface area contributed by atoms with Gasteiger partial charge in [-0.2, -0.15) is 0 Å². The Balaban J connectivity index is 1.70. The smallest absolute Gasteiger partial charge is 0.175 e. The van der Waals surface area contributed by atoms with Crippen LogP contribution in [0.3, 0.4) is 0 Å². The molecule has 0 amide bonds. The number of anilines is 1. The van der Waals surface area contributed by atoms with Crippen molar-refractivity contribution in [2.45, 2.75) is 49.1 Å². The number of sulfone groups is 1. The SMILES string of the molecule is CNCC(O)COc1cccc(-c2nc(-c3ccc(S(C)(=O)=O)cc3)cc(N(C)C3CCCCC3)n2)c1.